The molecule has 140 valence electrons. The van der Waals surface area contributed by atoms with Crippen molar-refractivity contribution in [3.05, 3.63) is 89.0 Å². The number of esters is 1. The van der Waals surface area contributed by atoms with Gasteiger partial charge in [-0.2, -0.15) is 0 Å². The van der Waals surface area contributed by atoms with E-state index >= 15 is 0 Å². The summed E-state index contributed by atoms with van der Waals surface area (Å²) in [5.41, 5.74) is 3.32. The standard InChI is InChI=1S/C24H21NO3/c1-3-25(4-2)16-13-14-20-22(15-16)27-21-12-8-7-11-19(21)24(20)18-10-6-5-9-17(18)23(26)28-24/h5-15H,3-4H2,1-2H3. The summed E-state index contributed by atoms with van der Waals surface area (Å²) in [7, 11) is 0. The van der Waals surface area contributed by atoms with Gasteiger partial charge in [0.25, 0.3) is 0 Å². The van der Waals surface area contributed by atoms with Gasteiger partial charge in [0.05, 0.1) is 5.56 Å². The Morgan fingerprint density at radius 3 is 2.29 bits per heavy atom. The smallest absolute Gasteiger partial charge is 0.340 e. The summed E-state index contributed by atoms with van der Waals surface area (Å²) < 4.78 is 12.4. The molecule has 4 nitrogen and oxygen atoms in total. The van der Waals surface area contributed by atoms with Crippen molar-refractivity contribution in [1.29, 1.82) is 0 Å². The molecule has 1 atom stereocenters. The Labute approximate surface area is 164 Å². The Bertz CT molecular complexity index is 1090. The second-order valence-corrected chi connectivity index (χ2v) is 7.07. The maximum absolute atomic E-state index is 12.8. The molecule has 1 unspecified atom stereocenters. The van der Waals surface area contributed by atoms with E-state index in [1.807, 2.05) is 54.6 Å². The zero-order valence-corrected chi connectivity index (χ0v) is 15.9. The van der Waals surface area contributed by atoms with Crippen LogP contribution in [-0.4, -0.2) is 19.1 Å². The number of carbonyl (C=O) groups is 1. The minimum atomic E-state index is -0.973. The fourth-order valence-electron chi connectivity index (χ4n) is 4.40. The molecule has 0 fully saturated rings. The van der Waals surface area contributed by atoms with Crippen molar-refractivity contribution in [2.75, 3.05) is 18.0 Å². The number of hydrogen-bond acceptors (Lipinski definition) is 4. The summed E-state index contributed by atoms with van der Waals surface area (Å²) in [6.07, 6.45) is 0. The van der Waals surface area contributed by atoms with Crippen molar-refractivity contribution in [2.45, 2.75) is 19.4 Å². The van der Waals surface area contributed by atoms with Crippen molar-refractivity contribution in [3.63, 3.8) is 0 Å². The first-order valence-corrected chi connectivity index (χ1v) is 9.68. The summed E-state index contributed by atoms with van der Waals surface area (Å²) in [6.45, 7) is 6.09. The molecule has 3 aromatic rings. The molecule has 2 aliphatic heterocycles. The van der Waals surface area contributed by atoms with Gasteiger partial charge in [-0.25, -0.2) is 4.79 Å². The second kappa shape index (κ2) is 6.13. The number of ether oxygens (including phenoxy) is 2. The predicted molar refractivity (Wildman–Crippen MR) is 108 cm³/mol. The maximum atomic E-state index is 12.8. The van der Waals surface area contributed by atoms with Crippen LogP contribution in [0.3, 0.4) is 0 Å². The Hall–Kier alpha value is -3.27. The van der Waals surface area contributed by atoms with Gasteiger partial charge >= 0.3 is 5.97 Å². The van der Waals surface area contributed by atoms with Gasteiger partial charge in [-0.05, 0) is 38.1 Å². The highest BCUT2D eigenvalue weighted by Gasteiger charge is 2.53. The molecule has 1 spiro atoms. The lowest BCUT2D eigenvalue weighted by molar-refractivity contribution is 0.0224. The third-order valence-electron chi connectivity index (χ3n) is 5.73. The Balaban J connectivity index is 1.79. The lowest BCUT2D eigenvalue weighted by Gasteiger charge is -2.37. The fourth-order valence-corrected chi connectivity index (χ4v) is 4.40. The van der Waals surface area contributed by atoms with Crippen LogP contribution in [0.4, 0.5) is 5.69 Å². The first-order valence-electron chi connectivity index (χ1n) is 9.68. The van der Waals surface area contributed by atoms with E-state index < -0.39 is 5.60 Å². The van der Waals surface area contributed by atoms with E-state index in [1.54, 1.807) is 0 Å². The maximum Gasteiger partial charge on any atom is 0.340 e. The number of nitrogens with zero attached hydrogens (tertiary/aromatic N) is 1. The highest BCUT2D eigenvalue weighted by Crippen LogP contribution is 2.56. The van der Waals surface area contributed by atoms with Crippen LogP contribution in [0.1, 0.15) is 40.9 Å². The monoisotopic (exact) mass is 371 g/mol. The average Bonchev–Trinajstić information content (AvgIpc) is 3.03. The summed E-state index contributed by atoms with van der Waals surface area (Å²) in [5.74, 6) is 1.15. The number of anilines is 1. The number of carbonyl (C=O) groups excluding carboxylic acids is 1. The van der Waals surface area contributed by atoms with Crippen molar-refractivity contribution < 1.29 is 14.3 Å². The molecule has 0 bridgehead atoms. The van der Waals surface area contributed by atoms with E-state index in [0.29, 0.717) is 5.56 Å². The molecular formula is C24H21NO3. The molecule has 2 heterocycles. The molecule has 0 N–H and O–H groups in total. The van der Waals surface area contributed by atoms with Crippen LogP contribution in [-0.2, 0) is 10.3 Å². The number of fused-ring (bicyclic) bond motifs is 6. The van der Waals surface area contributed by atoms with Gasteiger partial charge < -0.3 is 14.4 Å². The summed E-state index contributed by atoms with van der Waals surface area (Å²) >= 11 is 0. The Morgan fingerprint density at radius 1 is 0.821 bits per heavy atom. The Kier molecular flexibility index (Phi) is 3.69. The van der Waals surface area contributed by atoms with Crippen LogP contribution in [0.15, 0.2) is 66.7 Å². The molecule has 0 aromatic heterocycles. The first kappa shape index (κ1) is 16.9. The van der Waals surface area contributed by atoms with Crippen LogP contribution >= 0.6 is 0 Å². The second-order valence-electron chi connectivity index (χ2n) is 7.07. The lowest BCUT2D eigenvalue weighted by Crippen LogP contribution is -2.33. The van der Waals surface area contributed by atoms with Gasteiger partial charge in [-0.15, -0.1) is 0 Å². The largest absolute Gasteiger partial charge is 0.456 e. The summed E-state index contributed by atoms with van der Waals surface area (Å²) in [4.78, 5) is 15.0. The molecule has 4 heteroatoms. The van der Waals surface area contributed by atoms with E-state index in [0.717, 1.165) is 47.0 Å². The molecule has 28 heavy (non-hydrogen) atoms. The summed E-state index contributed by atoms with van der Waals surface area (Å²) in [6, 6.07) is 21.6. The third-order valence-corrected chi connectivity index (χ3v) is 5.73. The molecule has 0 saturated carbocycles. The van der Waals surface area contributed by atoms with Crippen molar-refractivity contribution in [3.8, 4) is 11.5 Å². The van der Waals surface area contributed by atoms with Crippen LogP contribution in [0.5, 0.6) is 11.5 Å². The minimum absolute atomic E-state index is 0.300. The van der Waals surface area contributed by atoms with Crippen LogP contribution in [0.2, 0.25) is 0 Å². The van der Waals surface area contributed by atoms with Crippen LogP contribution in [0.25, 0.3) is 0 Å². The molecule has 0 radical (unpaired) electrons. The number of para-hydroxylation sites is 1. The molecule has 2 aliphatic rings. The van der Waals surface area contributed by atoms with E-state index in [1.165, 1.54) is 0 Å². The minimum Gasteiger partial charge on any atom is -0.456 e. The van der Waals surface area contributed by atoms with Gasteiger partial charge in [0.1, 0.15) is 11.5 Å². The van der Waals surface area contributed by atoms with E-state index in [9.17, 15) is 4.79 Å². The lowest BCUT2D eigenvalue weighted by atomic mass is 9.77. The van der Waals surface area contributed by atoms with Gasteiger partial charge in [-0.1, -0.05) is 36.4 Å². The van der Waals surface area contributed by atoms with Crippen LogP contribution in [0, 0.1) is 0 Å². The van der Waals surface area contributed by atoms with Gasteiger partial charge in [-0.3, -0.25) is 0 Å². The summed E-state index contributed by atoms with van der Waals surface area (Å²) in [5, 5.41) is 0. The normalized spacial score (nSPS) is 18.7. The van der Waals surface area contributed by atoms with Crippen molar-refractivity contribution in [2.24, 2.45) is 0 Å². The predicted octanol–water partition coefficient (Wildman–Crippen LogP) is 5.10. The fraction of sp³-hybridized carbons (Fsp3) is 0.208. The number of rotatable bonds is 3. The SMILES string of the molecule is CCN(CC)c1ccc2c(c1)Oc1ccccc1C21OC(=O)c2ccccc21. The highest BCUT2D eigenvalue weighted by atomic mass is 16.6. The molecule has 0 saturated heterocycles. The molecule has 3 aromatic carbocycles. The van der Waals surface area contributed by atoms with Crippen molar-refractivity contribution >= 4 is 11.7 Å². The van der Waals surface area contributed by atoms with E-state index in [-0.39, 0.29) is 5.97 Å². The molecular weight excluding hydrogens is 350 g/mol. The zero-order valence-electron chi connectivity index (χ0n) is 15.9. The topological polar surface area (TPSA) is 38.8 Å². The van der Waals surface area contributed by atoms with Gasteiger partial charge in [0, 0.05) is 41.5 Å². The third kappa shape index (κ3) is 2.15. The molecule has 0 aliphatic carbocycles. The van der Waals surface area contributed by atoms with Gasteiger partial charge in [0.2, 0.25) is 0 Å². The highest BCUT2D eigenvalue weighted by molar-refractivity contribution is 5.97. The molecule has 5 rings (SSSR count). The zero-order chi connectivity index (χ0) is 19.3. The van der Waals surface area contributed by atoms with Gasteiger partial charge in [0.15, 0.2) is 5.60 Å². The van der Waals surface area contributed by atoms with E-state index in [2.05, 4.69) is 30.9 Å². The first-order chi connectivity index (χ1) is 13.7. The van der Waals surface area contributed by atoms with E-state index in [4.69, 9.17) is 9.47 Å². The van der Waals surface area contributed by atoms with Crippen molar-refractivity contribution in [1.82, 2.24) is 0 Å². The average molecular weight is 371 g/mol. The Morgan fingerprint density at radius 2 is 1.50 bits per heavy atom. The van der Waals surface area contributed by atoms with Crippen LogP contribution < -0.4 is 9.64 Å². The number of benzene rings is 3. The molecule has 0 amide bonds. The quantitative estimate of drug-likeness (QED) is 0.601. The number of hydrogen-bond donors (Lipinski definition) is 0.